The van der Waals surface area contributed by atoms with Gasteiger partial charge in [-0.2, -0.15) is 0 Å². The maximum Gasteiger partial charge on any atom is 0.339 e. The molecule has 1 atom stereocenters. The second-order valence-corrected chi connectivity index (χ2v) is 6.79. The fraction of sp³-hybridized carbons (Fsp3) is 0.421. The molecule has 1 aliphatic heterocycles. The number of rotatable bonds is 4. The van der Waals surface area contributed by atoms with Crippen molar-refractivity contribution in [1.29, 1.82) is 0 Å². The molecular weight excluding hydrogens is 336 g/mol. The molecule has 1 saturated heterocycles. The van der Waals surface area contributed by atoms with Crippen LogP contribution in [0.1, 0.15) is 30.4 Å². The van der Waals surface area contributed by atoms with Crippen molar-refractivity contribution in [1.82, 2.24) is 4.90 Å². The molecule has 2 heterocycles. The summed E-state index contributed by atoms with van der Waals surface area (Å²) in [5, 5.41) is 0.920. The van der Waals surface area contributed by atoms with Gasteiger partial charge in [-0.15, -0.1) is 0 Å². The van der Waals surface area contributed by atoms with Crippen LogP contribution in [0.5, 0.6) is 5.75 Å². The lowest BCUT2D eigenvalue weighted by atomic mass is 10.1. The topological polar surface area (TPSA) is 103 Å². The number of carbonyl (C=O) groups excluding carboxylic acids is 2. The molecule has 26 heavy (non-hydrogen) atoms. The van der Waals surface area contributed by atoms with Gasteiger partial charge in [0.1, 0.15) is 17.4 Å². The monoisotopic (exact) mass is 356 g/mol. The maximum atomic E-state index is 12.3. The van der Waals surface area contributed by atoms with Crippen LogP contribution in [0.3, 0.4) is 0 Å². The van der Waals surface area contributed by atoms with Crippen LogP contribution < -0.4 is 16.1 Å². The summed E-state index contributed by atoms with van der Waals surface area (Å²) in [6.45, 7) is 0.318. The Morgan fingerprint density at radius 3 is 2.85 bits per heavy atom. The minimum atomic E-state index is -0.552. The molecule has 136 valence electrons. The predicted molar refractivity (Wildman–Crippen MR) is 93.9 cm³/mol. The van der Waals surface area contributed by atoms with Crippen molar-refractivity contribution in [3.8, 4) is 5.75 Å². The summed E-state index contributed by atoms with van der Waals surface area (Å²) in [5.74, 6) is -0.319. The first-order chi connectivity index (χ1) is 12.5. The fourth-order valence-corrected chi connectivity index (χ4v) is 3.94. The van der Waals surface area contributed by atoms with Crippen LogP contribution in [0.15, 0.2) is 27.4 Å². The first-order valence-corrected chi connectivity index (χ1v) is 8.85. The standard InChI is InChI=1S/C19H20N2O5/c20-18(23)15-5-2-8-21(15)17(22)10-25-11-6-7-13-12-3-1-4-14(12)19(24)26-16(13)9-11/h6-7,9,15H,1-5,8,10H2,(H2,20,23)/t15-/m0/s1. The summed E-state index contributed by atoms with van der Waals surface area (Å²) in [5.41, 5.74) is 7.34. The Morgan fingerprint density at radius 1 is 1.23 bits per heavy atom. The third kappa shape index (κ3) is 2.83. The van der Waals surface area contributed by atoms with Gasteiger partial charge in [0.25, 0.3) is 5.91 Å². The Labute approximate surface area is 149 Å². The van der Waals surface area contributed by atoms with Crippen molar-refractivity contribution in [2.45, 2.75) is 38.1 Å². The highest BCUT2D eigenvalue weighted by molar-refractivity contribution is 5.88. The Hall–Kier alpha value is -2.83. The van der Waals surface area contributed by atoms with E-state index in [4.69, 9.17) is 14.9 Å². The number of fused-ring (bicyclic) bond motifs is 3. The summed E-state index contributed by atoms with van der Waals surface area (Å²) in [4.78, 5) is 37.3. The Balaban J connectivity index is 1.51. The SMILES string of the molecule is NC(=O)[C@@H]1CCCN1C(=O)COc1ccc2c3c(c(=O)oc2c1)CCC3. The van der Waals surface area contributed by atoms with Gasteiger partial charge >= 0.3 is 5.63 Å². The summed E-state index contributed by atoms with van der Waals surface area (Å²) >= 11 is 0. The highest BCUT2D eigenvalue weighted by atomic mass is 16.5. The molecule has 0 unspecified atom stereocenters. The predicted octanol–water partition coefficient (Wildman–Crippen LogP) is 1.14. The largest absolute Gasteiger partial charge is 0.484 e. The molecule has 2 N–H and O–H groups in total. The van der Waals surface area contributed by atoms with E-state index in [-0.39, 0.29) is 18.1 Å². The zero-order valence-corrected chi connectivity index (χ0v) is 14.3. The zero-order chi connectivity index (χ0) is 18.3. The van der Waals surface area contributed by atoms with E-state index in [0.29, 0.717) is 24.3 Å². The average Bonchev–Trinajstić information content (AvgIpc) is 3.29. The number of benzene rings is 1. The first-order valence-electron chi connectivity index (χ1n) is 8.85. The Morgan fingerprint density at radius 2 is 2.04 bits per heavy atom. The van der Waals surface area contributed by atoms with Gasteiger partial charge in [0.05, 0.1) is 0 Å². The van der Waals surface area contributed by atoms with Gasteiger partial charge in [-0.05, 0) is 49.8 Å². The van der Waals surface area contributed by atoms with E-state index in [1.807, 2.05) is 6.07 Å². The van der Waals surface area contributed by atoms with Gasteiger partial charge in [0, 0.05) is 23.6 Å². The van der Waals surface area contributed by atoms with Crippen LogP contribution in [0, 0.1) is 0 Å². The van der Waals surface area contributed by atoms with Gasteiger partial charge in [0.2, 0.25) is 5.91 Å². The normalized spacial score (nSPS) is 18.9. The molecule has 2 amide bonds. The minimum Gasteiger partial charge on any atom is -0.484 e. The number of nitrogens with two attached hydrogens (primary N) is 1. The summed E-state index contributed by atoms with van der Waals surface area (Å²) in [7, 11) is 0. The summed E-state index contributed by atoms with van der Waals surface area (Å²) in [6.07, 6.45) is 3.94. The van der Waals surface area contributed by atoms with E-state index in [0.717, 1.165) is 42.2 Å². The van der Waals surface area contributed by atoms with E-state index in [1.54, 1.807) is 12.1 Å². The van der Waals surface area contributed by atoms with Crippen LogP contribution in [0.25, 0.3) is 11.0 Å². The molecule has 1 aromatic carbocycles. The quantitative estimate of drug-likeness (QED) is 0.828. The molecule has 4 rings (SSSR count). The number of ether oxygens (including phenoxy) is 1. The smallest absolute Gasteiger partial charge is 0.339 e. The minimum absolute atomic E-state index is 0.190. The Kier molecular flexibility index (Phi) is 4.14. The molecule has 0 radical (unpaired) electrons. The molecule has 0 bridgehead atoms. The van der Waals surface area contributed by atoms with Crippen LogP contribution >= 0.6 is 0 Å². The van der Waals surface area contributed by atoms with Gasteiger partial charge in [-0.25, -0.2) is 4.79 Å². The molecule has 1 aliphatic carbocycles. The van der Waals surface area contributed by atoms with Gasteiger partial charge in [-0.1, -0.05) is 0 Å². The lowest BCUT2D eigenvalue weighted by Gasteiger charge is -2.22. The van der Waals surface area contributed by atoms with Crippen LogP contribution in [-0.2, 0) is 22.4 Å². The molecule has 0 spiro atoms. The number of carbonyl (C=O) groups is 2. The molecule has 2 aliphatic rings. The number of likely N-dealkylation sites (tertiary alicyclic amines) is 1. The maximum absolute atomic E-state index is 12.3. The average molecular weight is 356 g/mol. The van der Waals surface area contributed by atoms with E-state index < -0.39 is 11.9 Å². The van der Waals surface area contributed by atoms with Crippen LogP contribution in [-0.4, -0.2) is 35.9 Å². The highest BCUT2D eigenvalue weighted by Gasteiger charge is 2.32. The van der Waals surface area contributed by atoms with Crippen molar-refractivity contribution in [2.24, 2.45) is 5.73 Å². The van der Waals surface area contributed by atoms with Gasteiger partial charge in [0.15, 0.2) is 6.61 Å². The second-order valence-electron chi connectivity index (χ2n) is 6.79. The van der Waals surface area contributed by atoms with Crippen molar-refractivity contribution in [2.75, 3.05) is 13.2 Å². The van der Waals surface area contributed by atoms with E-state index in [1.165, 1.54) is 4.90 Å². The molecule has 2 aromatic rings. The molecule has 7 nitrogen and oxygen atoms in total. The lowest BCUT2D eigenvalue weighted by molar-refractivity contribution is -0.138. The molecule has 1 fully saturated rings. The van der Waals surface area contributed by atoms with E-state index >= 15 is 0 Å². The zero-order valence-electron chi connectivity index (χ0n) is 14.3. The second kappa shape index (κ2) is 6.48. The highest BCUT2D eigenvalue weighted by Crippen LogP contribution is 2.29. The third-order valence-corrected chi connectivity index (χ3v) is 5.21. The molecule has 0 saturated carbocycles. The lowest BCUT2D eigenvalue weighted by Crippen LogP contribution is -2.45. The van der Waals surface area contributed by atoms with Crippen molar-refractivity contribution >= 4 is 22.8 Å². The first kappa shape index (κ1) is 16.6. The van der Waals surface area contributed by atoms with Gasteiger partial charge in [-0.3, -0.25) is 9.59 Å². The number of hydrogen-bond donors (Lipinski definition) is 1. The van der Waals surface area contributed by atoms with Crippen LogP contribution in [0.4, 0.5) is 0 Å². The number of primary amides is 1. The van der Waals surface area contributed by atoms with E-state index in [9.17, 15) is 14.4 Å². The fourth-order valence-electron chi connectivity index (χ4n) is 3.94. The van der Waals surface area contributed by atoms with Crippen molar-refractivity contribution in [3.05, 3.63) is 39.7 Å². The molecular formula is C19H20N2O5. The van der Waals surface area contributed by atoms with Crippen molar-refractivity contribution < 1.29 is 18.7 Å². The summed E-state index contributed by atoms with van der Waals surface area (Å²) < 4.78 is 11.0. The number of aryl methyl sites for hydroxylation is 1. The Bertz CT molecular complexity index is 949. The van der Waals surface area contributed by atoms with Crippen LogP contribution in [0.2, 0.25) is 0 Å². The number of amides is 2. The van der Waals surface area contributed by atoms with Crippen molar-refractivity contribution in [3.63, 3.8) is 0 Å². The number of hydrogen-bond acceptors (Lipinski definition) is 5. The van der Waals surface area contributed by atoms with E-state index in [2.05, 4.69) is 0 Å². The molecule has 1 aromatic heterocycles. The molecule has 7 heteroatoms. The van der Waals surface area contributed by atoms with Gasteiger partial charge < -0.3 is 19.8 Å². The number of nitrogens with zero attached hydrogens (tertiary/aromatic N) is 1. The third-order valence-electron chi connectivity index (χ3n) is 5.21. The summed E-state index contributed by atoms with van der Waals surface area (Å²) in [6, 6.07) is 4.72.